The van der Waals surface area contributed by atoms with Gasteiger partial charge in [-0.05, 0) is 48.6 Å². The van der Waals surface area contributed by atoms with Crippen LogP contribution in [0.15, 0.2) is 36.5 Å². The molecule has 2 aliphatic rings. The Morgan fingerprint density at radius 3 is 2.47 bits per heavy atom. The van der Waals surface area contributed by atoms with Crippen LogP contribution in [-0.4, -0.2) is 58.4 Å². The van der Waals surface area contributed by atoms with E-state index in [0.717, 1.165) is 30.1 Å². The maximum atomic E-state index is 13.1. The molecule has 7 nitrogen and oxygen atoms in total. The van der Waals surface area contributed by atoms with Crippen LogP contribution in [0.5, 0.6) is 5.75 Å². The van der Waals surface area contributed by atoms with E-state index in [1.165, 1.54) is 0 Å². The van der Waals surface area contributed by atoms with Crippen LogP contribution in [0.4, 0.5) is 4.79 Å². The molecule has 2 fully saturated rings. The van der Waals surface area contributed by atoms with Crippen LogP contribution in [0.3, 0.4) is 0 Å². The molecule has 1 aromatic heterocycles. The van der Waals surface area contributed by atoms with E-state index in [-0.39, 0.29) is 6.03 Å². The number of benzene rings is 1. The standard InChI is InChI=1S/C23H33N5O2/c1-16(2)15-30-19-7-5-17(6-8-19)11-28(12-18-9-10-27(4)25-18)23(29)24-22-20-13-26(3)14-21(20)22/h5-10,16,20-22H,11-15H2,1-4H3,(H,24,29)/t20-,21+,22?. The molecule has 3 atom stereocenters. The van der Waals surface area contributed by atoms with Gasteiger partial charge < -0.3 is 19.9 Å². The van der Waals surface area contributed by atoms with Crippen molar-refractivity contribution in [2.24, 2.45) is 24.8 Å². The third-order valence-electron chi connectivity index (χ3n) is 5.96. The monoisotopic (exact) mass is 411 g/mol. The molecule has 2 amide bonds. The van der Waals surface area contributed by atoms with Crippen molar-refractivity contribution in [1.29, 1.82) is 0 Å². The average Bonchev–Trinajstić information content (AvgIpc) is 3.03. The SMILES string of the molecule is CC(C)COc1ccc(CN(Cc2ccn(C)n2)C(=O)NC2[C@H]3CN(C)C[C@@H]23)cc1. The Kier molecular flexibility index (Phi) is 5.99. The number of rotatable bonds is 8. The van der Waals surface area contributed by atoms with Crippen molar-refractivity contribution in [3.63, 3.8) is 0 Å². The molecule has 2 heterocycles. The third kappa shape index (κ3) is 4.95. The second-order valence-electron chi connectivity index (χ2n) is 9.21. The van der Waals surface area contributed by atoms with Crippen molar-refractivity contribution in [2.75, 3.05) is 26.7 Å². The van der Waals surface area contributed by atoms with Crippen LogP contribution >= 0.6 is 0 Å². The first-order chi connectivity index (χ1) is 14.4. The van der Waals surface area contributed by atoms with Gasteiger partial charge in [0.1, 0.15) is 5.75 Å². The zero-order chi connectivity index (χ0) is 21.3. The number of ether oxygens (including phenoxy) is 1. The minimum Gasteiger partial charge on any atom is -0.493 e. The van der Waals surface area contributed by atoms with Gasteiger partial charge in [0, 0.05) is 38.9 Å². The normalized spacial score (nSPS) is 22.8. The molecule has 4 rings (SSSR count). The van der Waals surface area contributed by atoms with E-state index >= 15 is 0 Å². The molecule has 0 spiro atoms. The second-order valence-corrected chi connectivity index (χ2v) is 9.21. The molecule has 30 heavy (non-hydrogen) atoms. The molecule has 162 valence electrons. The maximum Gasteiger partial charge on any atom is 0.318 e. The summed E-state index contributed by atoms with van der Waals surface area (Å²) in [7, 11) is 4.04. The van der Waals surface area contributed by atoms with E-state index in [1.807, 2.05) is 48.5 Å². The summed E-state index contributed by atoms with van der Waals surface area (Å²) >= 11 is 0. The van der Waals surface area contributed by atoms with E-state index < -0.39 is 0 Å². The lowest BCUT2D eigenvalue weighted by Gasteiger charge is -2.24. The van der Waals surface area contributed by atoms with Crippen molar-refractivity contribution in [1.82, 2.24) is 24.9 Å². The topological polar surface area (TPSA) is 62.6 Å². The van der Waals surface area contributed by atoms with Crippen LogP contribution in [-0.2, 0) is 20.1 Å². The highest BCUT2D eigenvalue weighted by molar-refractivity contribution is 5.75. The lowest BCUT2D eigenvalue weighted by atomic mass is 10.2. The molecule has 1 aliphatic carbocycles. The quantitative estimate of drug-likeness (QED) is 0.726. The average molecular weight is 412 g/mol. The number of hydrogen-bond donors (Lipinski definition) is 1. The molecular weight excluding hydrogens is 378 g/mol. The van der Waals surface area contributed by atoms with Crippen LogP contribution in [0, 0.1) is 17.8 Å². The fourth-order valence-electron chi connectivity index (χ4n) is 4.30. The van der Waals surface area contributed by atoms with Gasteiger partial charge in [0.2, 0.25) is 0 Å². The second kappa shape index (κ2) is 8.68. The fraction of sp³-hybridized carbons (Fsp3) is 0.565. The Bertz CT molecular complexity index is 851. The third-order valence-corrected chi connectivity index (χ3v) is 5.96. The highest BCUT2D eigenvalue weighted by Crippen LogP contribution is 2.44. The van der Waals surface area contributed by atoms with Gasteiger partial charge in [0.15, 0.2) is 0 Å². The van der Waals surface area contributed by atoms with Crippen LogP contribution < -0.4 is 10.1 Å². The molecule has 1 N–H and O–H groups in total. The first kappa shape index (κ1) is 20.7. The van der Waals surface area contributed by atoms with Gasteiger partial charge in [0.25, 0.3) is 0 Å². The highest BCUT2D eigenvalue weighted by Gasteiger charge is 2.55. The molecule has 1 unspecified atom stereocenters. The molecule has 1 saturated heterocycles. The van der Waals surface area contributed by atoms with Crippen LogP contribution in [0.2, 0.25) is 0 Å². The van der Waals surface area contributed by atoms with E-state index in [2.05, 4.69) is 36.2 Å². The number of piperidine rings is 1. The number of urea groups is 1. The van der Waals surface area contributed by atoms with Crippen molar-refractivity contribution in [3.8, 4) is 5.75 Å². The Hall–Kier alpha value is -2.54. The summed E-state index contributed by atoms with van der Waals surface area (Å²) in [4.78, 5) is 17.3. The predicted molar refractivity (Wildman–Crippen MR) is 116 cm³/mol. The van der Waals surface area contributed by atoms with Gasteiger partial charge >= 0.3 is 6.03 Å². The number of amides is 2. The molecule has 2 aromatic rings. The number of carbonyl (C=O) groups excluding carboxylic acids is 1. The van der Waals surface area contributed by atoms with Crippen LogP contribution in [0.1, 0.15) is 25.1 Å². The summed E-state index contributed by atoms with van der Waals surface area (Å²) < 4.78 is 7.55. The Labute approximate surface area is 179 Å². The van der Waals surface area contributed by atoms with Gasteiger partial charge in [-0.25, -0.2) is 4.79 Å². The molecular formula is C23H33N5O2. The van der Waals surface area contributed by atoms with Crippen molar-refractivity contribution in [2.45, 2.75) is 33.0 Å². The molecule has 7 heteroatoms. The van der Waals surface area contributed by atoms with Crippen molar-refractivity contribution < 1.29 is 9.53 Å². The zero-order valence-corrected chi connectivity index (χ0v) is 18.4. The number of likely N-dealkylation sites (tertiary alicyclic amines) is 1. The maximum absolute atomic E-state index is 13.1. The number of aromatic nitrogens is 2. The van der Waals surface area contributed by atoms with E-state index in [0.29, 0.717) is 43.5 Å². The van der Waals surface area contributed by atoms with Crippen molar-refractivity contribution in [3.05, 3.63) is 47.8 Å². The van der Waals surface area contributed by atoms with Gasteiger partial charge in [-0.1, -0.05) is 26.0 Å². The summed E-state index contributed by atoms with van der Waals surface area (Å²) in [5.74, 6) is 2.56. The Balaban J connectivity index is 1.40. The lowest BCUT2D eigenvalue weighted by molar-refractivity contribution is 0.188. The van der Waals surface area contributed by atoms with Gasteiger partial charge in [-0.2, -0.15) is 5.10 Å². The summed E-state index contributed by atoms with van der Waals surface area (Å²) in [5, 5.41) is 7.73. The molecule has 1 aliphatic heterocycles. The number of nitrogens with one attached hydrogen (secondary N) is 1. The lowest BCUT2D eigenvalue weighted by Crippen LogP contribution is -2.42. The van der Waals surface area contributed by atoms with Gasteiger partial charge in [-0.3, -0.25) is 4.68 Å². The fourth-order valence-corrected chi connectivity index (χ4v) is 4.30. The first-order valence-electron chi connectivity index (χ1n) is 10.8. The number of carbonyl (C=O) groups is 1. The van der Waals surface area contributed by atoms with E-state index in [9.17, 15) is 4.79 Å². The summed E-state index contributed by atoms with van der Waals surface area (Å²) in [5.41, 5.74) is 1.97. The highest BCUT2D eigenvalue weighted by atomic mass is 16.5. The zero-order valence-electron chi connectivity index (χ0n) is 18.4. The Morgan fingerprint density at radius 2 is 1.87 bits per heavy atom. The van der Waals surface area contributed by atoms with E-state index in [4.69, 9.17) is 4.74 Å². The number of nitrogens with zero attached hydrogens (tertiary/aromatic N) is 4. The minimum atomic E-state index is -0.0113. The smallest absolute Gasteiger partial charge is 0.318 e. The van der Waals surface area contributed by atoms with Gasteiger partial charge in [0.05, 0.1) is 18.8 Å². The van der Waals surface area contributed by atoms with Crippen LogP contribution in [0.25, 0.3) is 0 Å². The number of hydrogen-bond acceptors (Lipinski definition) is 4. The van der Waals surface area contributed by atoms with Gasteiger partial charge in [-0.15, -0.1) is 0 Å². The van der Waals surface area contributed by atoms with E-state index in [1.54, 1.807) is 4.68 Å². The molecule has 0 radical (unpaired) electrons. The molecule has 1 saturated carbocycles. The largest absolute Gasteiger partial charge is 0.493 e. The van der Waals surface area contributed by atoms with Crippen molar-refractivity contribution >= 4 is 6.03 Å². The number of aryl methyl sites for hydroxylation is 1. The molecule has 0 bridgehead atoms. The number of fused-ring (bicyclic) bond motifs is 1. The summed E-state index contributed by atoms with van der Waals surface area (Å²) in [6.07, 6.45) is 1.91. The summed E-state index contributed by atoms with van der Waals surface area (Å²) in [6, 6.07) is 10.3. The predicted octanol–water partition coefficient (Wildman–Crippen LogP) is 2.73. The first-order valence-corrected chi connectivity index (χ1v) is 10.8. The Morgan fingerprint density at radius 1 is 1.17 bits per heavy atom. The minimum absolute atomic E-state index is 0.0113. The summed E-state index contributed by atoms with van der Waals surface area (Å²) in [6.45, 7) is 8.14. The molecule has 1 aromatic carbocycles.